The van der Waals surface area contributed by atoms with Crippen LogP contribution in [0.25, 0.3) is 0 Å². The molecular weight excluding hydrogens is 258 g/mol. The molecule has 0 unspecified atom stereocenters. The largest absolute Gasteiger partial charge is 0.507 e. The normalized spacial score (nSPS) is 13.0. The van der Waals surface area contributed by atoms with Gasteiger partial charge in [0.2, 0.25) is 0 Å². The lowest BCUT2D eigenvalue weighted by atomic mass is 9.83. The summed E-state index contributed by atoms with van der Waals surface area (Å²) >= 11 is 0. The van der Waals surface area contributed by atoms with Crippen LogP contribution in [0.4, 0.5) is 0 Å². The second-order valence-corrected chi connectivity index (χ2v) is 8.98. The van der Waals surface area contributed by atoms with Crippen molar-refractivity contribution in [1.29, 1.82) is 0 Å². The average Bonchev–Trinajstić information content (AvgIpc) is 2.19. The third kappa shape index (κ3) is 6.52. The maximum absolute atomic E-state index is 10.7. The lowest BCUT2D eigenvalue weighted by Crippen LogP contribution is -2.15. The van der Waals surface area contributed by atoms with Crippen molar-refractivity contribution in [2.45, 2.75) is 60.9 Å². The third-order valence-electron chi connectivity index (χ3n) is 3.27. The topological polar surface area (TPSA) is 23.5 Å². The first-order chi connectivity index (χ1) is 9.37. The minimum atomic E-state index is 0.174. The fourth-order valence-electron chi connectivity index (χ4n) is 2.70. The highest BCUT2D eigenvalue weighted by atomic mass is 16.3. The Bertz CT molecular complexity index is 438. The van der Waals surface area contributed by atoms with Crippen LogP contribution in [0, 0.1) is 10.8 Å². The van der Waals surface area contributed by atoms with Crippen LogP contribution in [0.2, 0.25) is 0 Å². The molecular formula is C19H33NO. The first-order valence-corrected chi connectivity index (χ1v) is 7.86. The molecule has 0 heterocycles. The number of hydrogen-bond donors (Lipinski definition) is 1. The van der Waals surface area contributed by atoms with Crippen molar-refractivity contribution in [2.75, 3.05) is 14.1 Å². The fourth-order valence-corrected chi connectivity index (χ4v) is 2.70. The molecule has 120 valence electrons. The zero-order chi connectivity index (χ0) is 16.4. The number of hydrogen-bond acceptors (Lipinski definition) is 2. The Hall–Kier alpha value is -1.02. The Morgan fingerprint density at radius 3 is 1.52 bits per heavy atom. The minimum absolute atomic E-state index is 0.174. The van der Waals surface area contributed by atoms with Gasteiger partial charge in [-0.15, -0.1) is 0 Å². The molecule has 0 bridgehead atoms. The van der Waals surface area contributed by atoms with Crippen LogP contribution >= 0.6 is 0 Å². The van der Waals surface area contributed by atoms with Gasteiger partial charge in [-0.3, -0.25) is 0 Å². The molecule has 1 rings (SSSR count). The summed E-state index contributed by atoms with van der Waals surface area (Å²) in [6.07, 6.45) is 1.80. The molecule has 21 heavy (non-hydrogen) atoms. The molecule has 2 heteroatoms. The summed E-state index contributed by atoms with van der Waals surface area (Å²) in [5.74, 6) is 0.502. The lowest BCUT2D eigenvalue weighted by Gasteiger charge is -2.24. The predicted molar refractivity (Wildman–Crippen MR) is 91.8 cm³/mol. The van der Waals surface area contributed by atoms with Crippen molar-refractivity contribution in [3.05, 3.63) is 28.8 Å². The van der Waals surface area contributed by atoms with Gasteiger partial charge in [0.1, 0.15) is 5.75 Å². The molecule has 0 aromatic heterocycles. The molecule has 2 nitrogen and oxygen atoms in total. The van der Waals surface area contributed by atoms with E-state index in [0.717, 1.165) is 30.5 Å². The number of phenolic OH excluding ortho intramolecular Hbond substituents is 1. The zero-order valence-electron chi connectivity index (χ0n) is 15.2. The molecule has 0 aliphatic carbocycles. The van der Waals surface area contributed by atoms with Gasteiger partial charge >= 0.3 is 0 Å². The Morgan fingerprint density at radius 1 is 0.857 bits per heavy atom. The summed E-state index contributed by atoms with van der Waals surface area (Å²) in [4.78, 5) is 2.17. The van der Waals surface area contributed by atoms with E-state index in [1.807, 2.05) is 0 Å². The van der Waals surface area contributed by atoms with Crippen molar-refractivity contribution >= 4 is 0 Å². The Kier molecular flexibility index (Phi) is 5.49. The number of rotatable bonds is 4. The highest BCUT2D eigenvalue weighted by Gasteiger charge is 2.20. The van der Waals surface area contributed by atoms with E-state index >= 15 is 0 Å². The van der Waals surface area contributed by atoms with Crippen LogP contribution in [-0.4, -0.2) is 24.1 Å². The van der Waals surface area contributed by atoms with E-state index < -0.39 is 0 Å². The van der Waals surface area contributed by atoms with E-state index in [-0.39, 0.29) is 10.8 Å². The van der Waals surface area contributed by atoms with Crippen LogP contribution in [0.5, 0.6) is 5.75 Å². The third-order valence-corrected chi connectivity index (χ3v) is 3.27. The molecule has 0 spiro atoms. The summed E-state index contributed by atoms with van der Waals surface area (Å²) in [6, 6.07) is 4.35. The monoisotopic (exact) mass is 291 g/mol. The van der Waals surface area contributed by atoms with Gasteiger partial charge in [0.05, 0.1) is 0 Å². The fraction of sp³-hybridized carbons (Fsp3) is 0.684. The van der Waals surface area contributed by atoms with Gasteiger partial charge < -0.3 is 10.0 Å². The Morgan fingerprint density at radius 2 is 1.24 bits per heavy atom. The van der Waals surface area contributed by atoms with E-state index in [4.69, 9.17) is 0 Å². The van der Waals surface area contributed by atoms with E-state index in [1.54, 1.807) is 0 Å². The number of aromatic hydroxyl groups is 1. The van der Waals surface area contributed by atoms with Gasteiger partial charge in [0.25, 0.3) is 0 Å². The standard InChI is InChI=1S/C19H33NO/c1-18(2,3)11-15-9-14(13-20(7)8)10-16(17(15)21)12-19(4,5)6/h9-10,21H,11-13H2,1-8H3. The number of benzene rings is 1. The van der Waals surface area contributed by atoms with Gasteiger partial charge in [0.15, 0.2) is 0 Å². The summed E-state index contributed by atoms with van der Waals surface area (Å²) in [7, 11) is 4.17. The second-order valence-electron chi connectivity index (χ2n) is 8.98. The Balaban J connectivity index is 3.25. The van der Waals surface area contributed by atoms with E-state index in [2.05, 4.69) is 72.7 Å². The molecule has 0 atom stereocenters. The van der Waals surface area contributed by atoms with Crippen molar-refractivity contribution in [2.24, 2.45) is 10.8 Å². The Labute approximate surface area is 131 Å². The summed E-state index contributed by atoms with van der Waals surface area (Å²) in [5, 5.41) is 10.7. The molecule has 0 fully saturated rings. The first kappa shape index (κ1) is 18.0. The maximum atomic E-state index is 10.7. The van der Waals surface area contributed by atoms with Crippen LogP contribution in [0.15, 0.2) is 12.1 Å². The molecule has 1 aromatic carbocycles. The van der Waals surface area contributed by atoms with Gasteiger partial charge in [0, 0.05) is 6.54 Å². The highest BCUT2D eigenvalue weighted by Crippen LogP contribution is 2.34. The smallest absolute Gasteiger partial charge is 0.122 e. The van der Waals surface area contributed by atoms with E-state index in [9.17, 15) is 5.11 Å². The SMILES string of the molecule is CN(C)Cc1cc(CC(C)(C)C)c(O)c(CC(C)(C)C)c1. The molecule has 0 radical (unpaired) electrons. The van der Waals surface area contributed by atoms with Crippen molar-refractivity contribution in [1.82, 2.24) is 4.90 Å². The van der Waals surface area contributed by atoms with Crippen LogP contribution in [0.1, 0.15) is 58.2 Å². The average molecular weight is 291 g/mol. The molecule has 1 aromatic rings. The summed E-state index contributed by atoms with van der Waals surface area (Å²) in [5.41, 5.74) is 3.80. The first-order valence-electron chi connectivity index (χ1n) is 7.86. The number of nitrogens with zero attached hydrogens (tertiary/aromatic N) is 1. The minimum Gasteiger partial charge on any atom is -0.507 e. The molecule has 1 N–H and O–H groups in total. The zero-order valence-corrected chi connectivity index (χ0v) is 15.2. The highest BCUT2D eigenvalue weighted by molar-refractivity contribution is 5.44. The van der Waals surface area contributed by atoms with E-state index in [0.29, 0.717) is 5.75 Å². The maximum Gasteiger partial charge on any atom is 0.122 e. The predicted octanol–water partition coefficient (Wildman–Crippen LogP) is 4.63. The second kappa shape index (κ2) is 6.39. The van der Waals surface area contributed by atoms with Gasteiger partial charge in [-0.2, -0.15) is 0 Å². The molecule has 0 saturated carbocycles. The number of phenols is 1. The molecule has 0 aliphatic heterocycles. The summed E-state index contributed by atoms with van der Waals surface area (Å²) in [6.45, 7) is 14.2. The van der Waals surface area contributed by atoms with Gasteiger partial charge in [-0.25, -0.2) is 0 Å². The summed E-state index contributed by atoms with van der Waals surface area (Å²) < 4.78 is 0. The van der Waals surface area contributed by atoms with E-state index in [1.165, 1.54) is 5.56 Å². The van der Waals surface area contributed by atoms with Gasteiger partial charge in [-0.05, 0) is 54.5 Å². The molecule has 0 saturated heterocycles. The molecule has 0 aliphatic rings. The van der Waals surface area contributed by atoms with Crippen LogP contribution < -0.4 is 0 Å². The van der Waals surface area contributed by atoms with Crippen molar-refractivity contribution in [3.63, 3.8) is 0 Å². The molecule has 0 amide bonds. The van der Waals surface area contributed by atoms with Crippen molar-refractivity contribution in [3.8, 4) is 5.75 Å². The van der Waals surface area contributed by atoms with Crippen molar-refractivity contribution < 1.29 is 5.11 Å². The van der Waals surface area contributed by atoms with Gasteiger partial charge in [-0.1, -0.05) is 53.7 Å². The van der Waals surface area contributed by atoms with Crippen LogP contribution in [-0.2, 0) is 19.4 Å². The van der Waals surface area contributed by atoms with Crippen LogP contribution in [0.3, 0.4) is 0 Å². The lowest BCUT2D eigenvalue weighted by molar-refractivity contribution is 0.374. The quantitative estimate of drug-likeness (QED) is 0.874.